The molecular formula is C23H35N3O6. The molecule has 2 heterocycles. The van der Waals surface area contributed by atoms with Crippen LogP contribution >= 0.6 is 0 Å². The SMILES string of the molecule is COC(=O)[C@H](C[C@@H]1CC2(CC2)NC1=O)NC(=O)[C@@H]1[C@@H]2[C@H](CN1C(=O)OC(C)(C)C)C2(C)C. The van der Waals surface area contributed by atoms with Crippen LogP contribution in [0.25, 0.3) is 0 Å². The second-order valence-electron chi connectivity index (χ2n) is 11.5. The fourth-order valence-electron chi connectivity index (χ4n) is 5.64. The molecule has 0 aromatic rings. The second kappa shape index (κ2) is 7.35. The van der Waals surface area contributed by atoms with Crippen molar-refractivity contribution in [3.8, 4) is 0 Å². The molecule has 2 saturated heterocycles. The van der Waals surface area contributed by atoms with Crippen LogP contribution in [0.3, 0.4) is 0 Å². The molecule has 178 valence electrons. The van der Waals surface area contributed by atoms with Gasteiger partial charge in [0.15, 0.2) is 0 Å². The van der Waals surface area contributed by atoms with Gasteiger partial charge in [-0.1, -0.05) is 13.8 Å². The van der Waals surface area contributed by atoms with Gasteiger partial charge in [-0.3, -0.25) is 14.5 Å². The van der Waals surface area contributed by atoms with Crippen LogP contribution in [0.5, 0.6) is 0 Å². The van der Waals surface area contributed by atoms with Gasteiger partial charge in [0.1, 0.15) is 17.7 Å². The number of carbonyl (C=O) groups is 4. The van der Waals surface area contributed by atoms with Crippen LogP contribution in [-0.2, 0) is 23.9 Å². The fraction of sp³-hybridized carbons (Fsp3) is 0.826. The number of methoxy groups -OCH3 is 1. The molecule has 5 atom stereocenters. The summed E-state index contributed by atoms with van der Waals surface area (Å²) in [4.78, 5) is 52.6. The van der Waals surface area contributed by atoms with Crippen LogP contribution in [0.4, 0.5) is 4.79 Å². The van der Waals surface area contributed by atoms with E-state index in [1.165, 1.54) is 12.0 Å². The van der Waals surface area contributed by atoms with Crippen molar-refractivity contribution < 1.29 is 28.7 Å². The van der Waals surface area contributed by atoms with E-state index < -0.39 is 35.7 Å². The number of carbonyl (C=O) groups excluding carboxylic acids is 4. The van der Waals surface area contributed by atoms with E-state index >= 15 is 0 Å². The summed E-state index contributed by atoms with van der Waals surface area (Å²) in [6, 6.07) is -1.66. The predicted octanol–water partition coefficient (Wildman–Crippen LogP) is 1.59. The number of hydrogen-bond acceptors (Lipinski definition) is 6. The lowest BCUT2D eigenvalue weighted by Gasteiger charge is -2.32. The summed E-state index contributed by atoms with van der Waals surface area (Å²) in [6.45, 7) is 9.98. The Hall–Kier alpha value is -2.32. The summed E-state index contributed by atoms with van der Waals surface area (Å²) in [5.74, 6) is -1.21. The molecule has 3 amide bonds. The fourth-order valence-corrected chi connectivity index (χ4v) is 5.64. The summed E-state index contributed by atoms with van der Waals surface area (Å²) in [5, 5.41) is 5.82. The predicted molar refractivity (Wildman–Crippen MR) is 114 cm³/mol. The van der Waals surface area contributed by atoms with Crippen molar-refractivity contribution in [3.05, 3.63) is 0 Å². The summed E-state index contributed by atoms with van der Waals surface area (Å²) in [7, 11) is 1.27. The third-order valence-electron chi connectivity index (χ3n) is 7.68. The number of piperidine rings is 1. The normalized spacial score (nSPS) is 32.1. The Morgan fingerprint density at radius 3 is 2.44 bits per heavy atom. The van der Waals surface area contributed by atoms with Crippen LogP contribution in [0.2, 0.25) is 0 Å². The first-order valence-corrected chi connectivity index (χ1v) is 11.5. The monoisotopic (exact) mass is 449 g/mol. The summed E-state index contributed by atoms with van der Waals surface area (Å²) in [6.07, 6.45) is 2.23. The number of amides is 3. The number of likely N-dealkylation sites (tertiary alicyclic amines) is 1. The lowest BCUT2D eigenvalue weighted by molar-refractivity contribution is -0.146. The van der Waals surface area contributed by atoms with Gasteiger partial charge in [0.2, 0.25) is 11.8 Å². The molecule has 32 heavy (non-hydrogen) atoms. The average Bonchev–Trinajstić information content (AvgIpc) is 3.39. The highest BCUT2D eigenvalue weighted by atomic mass is 16.6. The van der Waals surface area contributed by atoms with E-state index in [9.17, 15) is 19.2 Å². The van der Waals surface area contributed by atoms with Gasteiger partial charge in [-0.25, -0.2) is 9.59 Å². The molecule has 2 N–H and O–H groups in total. The molecule has 2 aliphatic heterocycles. The lowest BCUT2D eigenvalue weighted by Crippen LogP contribution is -2.54. The minimum Gasteiger partial charge on any atom is -0.467 e. The van der Waals surface area contributed by atoms with E-state index in [-0.39, 0.29) is 41.0 Å². The Morgan fingerprint density at radius 2 is 1.91 bits per heavy atom. The van der Waals surface area contributed by atoms with E-state index in [0.717, 1.165) is 12.8 Å². The van der Waals surface area contributed by atoms with Gasteiger partial charge in [-0.05, 0) is 63.7 Å². The molecule has 0 unspecified atom stereocenters. The molecule has 9 heteroatoms. The van der Waals surface area contributed by atoms with E-state index in [1.54, 1.807) is 20.8 Å². The zero-order chi connectivity index (χ0) is 23.6. The molecule has 4 fully saturated rings. The second-order valence-corrected chi connectivity index (χ2v) is 11.5. The highest BCUT2D eigenvalue weighted by Gasteiger charge is 2.70. The van der Waals surface area contributed by atoms with Gasteiger partial charge in [0, 0.05) is 18.0 Å². The van der Waals surface area contributed by atoms with E-state index in [0.29, 0.717) is 13.0 Å². The maximum Gasteiger partial charge on any atom is 0.410 e. The van der Waals surface area contributed by atoms with Crippen LogP contribution in [0, 0.1) is 23.2 Å². The van der Waals surface area contributed by atoms with Crippen molar-refractivity contribution in [3.63, 3.8) is 0 Å². The molecule has 0 aromatic heterocycles. The van der Waals surface area contributed by atoms with Crippen LogP contribution in [0.1, 0.15) is 60.3 Å². The van der Waals surface area contributed by atoms with Crippen molar-refractivity contribution in [2.45, 2.75) is 83.5 Å². The molecule has 2 aliphatic carbocycles. The van der Waals surface area contributed by atoms with Crippen molar-refractivity contribution in [2.24, 2.45) is 23.2 Å². The topological polar surface area (TPSA) is 114 Å². The first-order valence-electron chi connectivity index (χ1n) is 11.5. The van der Waals surface area contributed by atoms with Crippen molar-refractivity contribution >= 4 is 23.9 Å². The maximum atomic E-state index is 13.4. The number of hydrogen-bond donors (Lipinski definition) is 2. The molecule has 0 aromatic carbocycles. The van der Waals surface area contributed by atoms with Crippen LogP contribution in [0.15, 0.2) is 0 Å². The van der Waals surface area contributed by atoms with Gasteiger partial charge in [-0.15, -0.1) is 0 Å². The minimum atomic E-state index is -0.946. The summed E-state index contributed by atoms with van der Waals surface area (Å²) < 4.78 is 10.4. The zero-order valence-corrected chi connectivity index (χ0v) is 19.8. The number of nitrogens with zero attached hydrogens (tertiary/aromatic N) is 1. The quantitative estimate of drug-likeness (QED) is 0.616. The number of esters is 1. The van der Waals surface area contributed by atoms with Crippen molar-refractivity contribution in [2.75, 3.05) is 13.7 Å². The molecule has 4 aliphatic rings. The number of fused-ring (bicyclic) bond motifs is 1. The molecule has 2 saturated carbocycles. The Bertz CT molecular complexity index is 843. The number of rotatable bonds is 5. The van der Waals surface area contributed by atoms with E-state index in [2.05, 4.69) is 24.5 Å². The largest absolute Gasteiger partial charge is 0.467 e. The van der Waals surface area contributed by atoms with E-state index in [4.69, 9.17) is 9.47 Å². The minimum absolute atomic E-state index is 0.00201. The number of ether oxygens (including phenoxy) is 2. The third-order valence-corrected chi connectivity index (χ3v) is 7.68. The smallest absolute Gasteiger partial charge is 0.410 e. The zero-order valence-electron chi connectivity index (χ0n) is 19.8. The molecule has 4 rings (SSSR count). The highest BCUT2D eigenvalue weighted by molar-refractivity contribution is 5.92. The summed E-state index contributed by atoms with van der Waals surface area (Å²) in [5.41, 5.74) is -0.856. The molecule has 0 bridgehead atoms. The van der Waals surface area contributed by atoms with Gasteiger partial charge < -0.3 is 20.1 Å². The van der Waals surface area contributed by atoms with Crippen LogP contribution < -0.4 is 10.6 Å². The summed E-state index contributed by atoms with van der Waals surface area (Å²) >= 11 is 0. The first kappa shape index (κ1) is 22.9. The molecular weight excluding hydrogens is 414 g/mol. The highest BCUT2D eigenvalue weighted by Crippen LogP contribution is 2.65. The van der Waals surface area contributed by atoms with Crippen molar-refractivity contribution in [1.82, 2.24) is 15.5 Å². The maximum absolute atomic E-state index is 13.4. The van der Waals surface area contributed by atoms with E-state index in [1.807, 2.05) is 0 Å². The van der Waals surface area contributed by atoms with Gasteiger partial charge in [0.25, 0.3) is 0 Å². The van der Waals surface area contributed by atoms with Gasteiger partial charge >= 0.3 is 12.1 Å². The van der Waals surface area contributed by atoms with Crippen molar-refractivity contribution in [1.29, 1.82) is 0 Å². The Labute approximate surface area is 188 Å². The Morgan fingerprint density at radius 1 is 1.25 bits per heavy atom. The molecule has 0 radical (unpaired) electrons. The molecule has 1 spiro atoms. The third kappa shape index (κ3) is 4.06. The van der Waals surface area contributed by atoms with Gasteiger partial charge in [0.05, 0.1) is 7.11 Å². The Balaban J connectivity index is 1.48. The molecule has 9 nitrogen and oxygen atoms in total. The van der Waals surface area contributed by atoms with Gasteiger partial charge in [-0.2, -0.15) is 0 Å². The standard InChI is InChI=1S/C23H35N3O6/c1-21(2,3)32-20(30)26-11-13-15(22(13,4)5)16(26)18(28)24-14(19(29)31-6)9-12-10-23(7-8-23)25-17(12)27/h12-16H,7-11H2,1-6H3,(H,24,28)(H,25,27)/t12-,13+,14+,15+,16+/m1/s1. The average molecular weight is 450 g/mol. The Kier molecular flexibility index (Phi) is 5.25. The first-order chi connectivity index (χ1) is 14.8. The lowest BCUT2D eigenvalue weighted by atomic mass is 9.94. The number of nitrogens with one attached hydrogen (secondary N) is 2. The van der Waals surface area contributed by atoms with Crippen LogP contribution in [-0.4, -0.2) is 65.7 Å².